The minimum absolute atomic E-state index is 0.528. The van der Waals surface area contributed by atoms with E-state index in [1.807, 2.05) is 13.0 Å². The summed E-state index contributed by atoms with van der Waals surface area (Å²) in [4.78, 5) is 7.79. The molecule has 4 heteroatoms. The van der Waals surface area contributed by atoms with Crippen molar-refractivity contribution in [3.05, 3.63) is 17.6 Å². The van der Waals surface area contributed by atoms with E-state index in [0.717, 1.165) is 0 Å². The molecule has 1 rings (SSSR count). The molecule has 0 atom stereocenters. The lowest BCUT2D eigenvalue weighted by Gasteiger charge is -1.96. The van der Waals surface area contributed by atoms with Crippen LogP contribution in [0.2, 0.25) is 0 Å². The van der Waals surface area contributed by atoms with Crippen molar-refractivity contribution in [2.24, 2.45) is 4.99 Å². The molecular weight excluding hydrogens is 152 g/mol. The van der Waals surface area contributed by atoms with Crippen molar-refractivity contribution in [3.8, 4) is 0 Å². The van der Waals surface area contributed by atoms with Crippen LogP contribution in [-0.2, 0) is 0 Å². The van der Waals surface area contributed by atoms with Crippen LogP contribution in [0.5, 0.6) is 0 Å². The van der Waals surface area contributed by atoms with Gasteiger partial charge in [-0.3, -0.25) is 0 Å². The maximum Gasteiger partial charge on any atom is 0.181 e. The predicted molar refractivity (Wildman–Crippen MR) is 48.5 cm³/mol. The van der Waals surface area contributed by atoms with E-state index in [4.69, 9.17) is 0 Å². The lowest BCUT2D eigenvalue weighted by atomic mass is 10.4. The monoisotopic (exact) mass is 162 g/mol. The molecule has 1 aromatic rings. The summed E-state index contributed by atoms with van der Waals surface area (Å²) in [5.41, 5.74) is 0.651. The molecule has 1 aromatic heterocycles. The first-order chi connectivity index (χ1) is 5.77. The van der Waals surface area contributed by atoms with Gasteiger partial charge in [0.05, 0.1) is 0 Å². The molecule has 0 N–H and O–H groups in total. The molecule has 0 aliphatic carbocycles. The van der Waals surface area contributed by atoms with E-state index in [1.165, 1.54) is 0 Å². The molecular formula is C8H10N4. The van der Waals surface area contributed by atoms with Crippen LogP contribution >= 0.6 is 0 Å². The largest absolute Gasteiger partial charge is 0.243 e. The summed E-state index contributed by atoms with van der Waals surface area (Å²) >= 11 is 0. The Hall–Kier alpha value is -1.58. The second-order valence-corrected chi connectivity index (χ2v) is 2.23. The molecule has 4 nitrogen and oxygen atoms in total. The summed E-state index contributed by atoms with van der Waals surface area (Å²) in [6.45, 7) is 7.06. The molecule has 0 saturated heterocycles. The second-order valence-electron chi connectivity index (χ2n) is 2.23. The maximum absolute atomic E-state index is 4.06. The summed E-state index contributed by atoms with van der Waals surface area (Å²) in [6, 6.07) is 0. The number of hydrogen-bond donors (Lipinski definition) is 0. The molecule has 0 spiro atoms. The van der Waals surface area contributed by atoms with Gasteiger partial charge >= 0.3 is 0 Å². The number of nitrogens with zero attached hydrogens (tertiary/aromatic N) is 4. The first-order valence-electron chi connectivity index (χ1n) is 3.58. The Bertz CT molecular complexity index is 317. The van der Waals surface area contributed by atoms with Crippen molar-refractivity contribution < 1.29 is 0 Å². The molecule has 0 aliphatic heterocycles. The third-order valence-corrected chi connectivity index (χ3v) is 1.27. The summed E-state index contributed by atoms with van der Waals surface area (Å²) in [5.74, 6) is 1.13. The van der Waals surface area contributed by atoms with Crippen LogP contribution in [0.15, 0.2) is 11.1 Å². The molecule has 62 valence electrons. The van der Waals surface area contributed by atoms with E-state index in [-0.39, 0.29) is 0 Å². The van der Waals surface area contributed by atoms with Crippen molar-refractivity contribution in [1.29, 1.82) is 0 Å². The van der Waals surface area contributed by atoms with Gasteiger partial charge in [-0.05, 0) is 26.6 Å². The number of aromatic nitrogens is 3. The fourth-order valence-electron chi connectivity index (χ4n) is 0.786. The average molecular weight is 162 g/mol. The summed E-state index contributed by atoms with van der Waals surface area (Å²) < 4.78 is 0. The SMILES string of the molecule is C=Nc1nc(C)nnc1/C=C\C. The quantitative estimate of drug-likeness (QED) is 0.620. The van der Waals surface area contributed by atoms with Gasteiger partial charge < -0.3 is 0 Å². The lowest BCUT2D eigenvalue weighted by molar-refractivity contribution is 0.898. The second kappa shape index (κ2) is 3.71. The van der Waals surface area contributed by atoms with Crippen LogP contribution in [0.25, 0.3) is 6.08 Å². The zero-order valence-electron chi connectivity index (χ0n) is 7.15. The minimum atomic E-state index is 0.528. The van der Waals surface area contributed by atoms with Crippen molar-refractivity contribution >= 4 is 18.6 Å². The zero-order chi connectivity index (χ0) is 8.97. The zero-order valence-corrected chi connectivity index (χ0v) is 7.15. The van der Waals surface area contributed by atoms with Gasteiger partial charge in [0.2, 0.25) is 0 Å². The van der Waals surface area contributed by atoms with E-state index in [2.05, 4.69) is 26.9 Å². The first-order valence-corrected chi connectivity index (χ1v) is 3.58. The van der Waals surface area contributed by atoms with Gasteiger partial charge in [0.15, 0.2) is 5.82 Å². The van der Waals surface area contributed by atoms with Gasteiger partial charge in [0.25, 0.3) is 0 Å². The van der Waals surface area contributed by atoms with Crippen molar-refractivity contribution in [2.75, 3.05) is 0 Å². The Morgan fingerprint density at radius 1 is 1.42 bits per heavy atom. The van der Waals surface area contributed by atoms with Crippen LogP contribution in [0, 0.1) is 6.92 Å². The van der Waals surface area contributed by atoms with Gasteiger partial charge in [-0.25, -0.2) is 9.98 Å². The fraction of sp³-hybridized carbons (Fsp3) is 0.250. The molecule has 0 bridgehead atoms. The molecule has 0 aliphatic rings. The Balaban J connectivity index is 3.19. The maximum atomic E-state index is 4.06. The molecule has 0 fully saturated rings. The molecule has 0 amide bonds. The third kappa shape index (κ3) is 1.72. The normalized spacial score (nSPS) is 10.5. The summed E-state index contributed by atoms with van der Waals surface area (Å²) in [5, 5.41) is 7.71. The van der Waals surface area contributed by atoms with Crippen LogP contribution < -0.4 is 0 Å². The van der Waals surface area contributed by atoms with Crippen LogP contribution in [0.1, 0.15) is 18.4 Å². The highest BCUT2D eigenvalue weighted by Crippen LogP contribution is 2.12. The number of hydrogen-bond acceptors (Lipinski definition) is 4. The highest BCUT2D eigenvalue weighted by Gasteiger charge is 2.00. The summed E-state index contributed by atoms with van der Waals surface area (Å²) in [7, 11) is 0. The van der Waals surface area contributed by atoms with Crippen molar-refractivity contribution in [1.82, 2.24) is 15.2 Å². The van der Waals surface area contributed by atoms with Crippen molar-refractivity contribution in [3.63, 3.8) is 0 Å². The Morgan fingerprint density at radius 2 is 2.17 bits per heavy atom. The van der Waals surface area contributed by atoms with Gasteiger partial charge in [-0.2, -0.15) is 0 Å². The predicted octanol–water partition coefficient (Wildman–Crippen LogP) is 1.55. The van der Waals surface area contributed by atoms with Crippen LogP contribution in [0.3, 0.4) is 0 Å². The molecule has 0 aromatic carbocycles. The Kier molecular flexibility index (Phi) is 2.63. The Morgan fingerprint density at radius 3 is 2.75 bits per heavy atom. The van der Waals surface area contributed by atoms with E-state index < -0.39 is 0 Å². The number of allylic oxidation sites excluding steroid dienone is 1. The van der Waals surface area contributed by atoms with Gasteiger partial charge in [-0.1, -0.05) is 6.08 Å². The Labute approximate surface area is 71.1 Å². The standard InChI is InChI=1S/C8H10N4/c1-4-5-7-8(9-3)10-6(2)11-12-7/h4-5H,3H2,1-2H3/b5-4-. The van der Waals surface area contributed by atoms with E-state index >= 15 is 0 Å². The highest BCUT2D eigenvalue weighted by atomic mass is 15.2. The van der Waals surface area contributed by atoms with Gasteiger partial charge in [0.1, 0.15) is 11.5 Å². The third-order valence-electron chi connectivity index (χ3n) is 1.27. The summed E-state index contributed by atoms with van der Waals surface area (Å²) in [6.07, 6.45) is 3.65. The van der Waals surface area contributed by atoms with E-state index in [1.54, 1.807) is 13.0 Å². The lowest BCUT2D eigenvalue weighted by Crippen LogP contribution is -1.94. The highest BCUT2D eigenvalue weighted by molar-refractivity contribution is 5.57. The van der Waals surface area contributed by atoms with Crippen LogP contribution in [-0.4, -0.2) is 21.9 Å². The molecule has 0 radical (unpaired) electrons. The average Bonchev–Trinajstić information content (AvgIpc) is 2.08. The molecule has 12 heavy (non-hydrogen) atoms. The van der Waals surface area contributed by atoms with Crippen LogP contribution in [0.4, 0.5) is 5.82 Å². The molecule has 0 unspecified atom stereocenters. The first kappa shape index (κ1) is 8.52. The smallest absolute Gasteiger partial charge is 0.181 e. The number of aliphatic imine (C=N–C) groups is 1. The number of aryl methyl sites for hydroxylation is 1. The van der Waals surface area contributed by atoms with E-state index in [0.29, 0.717) is 17.3 Å². The molecule has 0 saturated carbocycles. The van der Waals surface area contributed by atoms with Gasteiger partial charge in [-0.15, -0.1) is 10.2 Å². The van der Waals surface area contributed by atoms with Crippen molar-refractivity contribution in [2.45, 2.75) is 13.8 Å². The van der Waals surface area contributed by atoms with E-state index in [9.17, 15) is 0 Å². The fourth-order valence-corrected chi connectivity index (χ4v) is 0.786. The van der Waals surface area contributed by atoms with Gasteiger partial charge in [0, 0.05) is 0 Å². The topological polar surface area (TPSA) is 51.0 Å². The minimum Gasteiger partial charge on any atom is -0.243 e. The molecule has 1 heterocycles. The number of rotatable bonds is 2.